The third kappa shape index (κ3) is 4.37. The lowest BCUT2D eigenvalue weighted by Gasteiger charge is -2.26. The molecule has 1 N–H and O–H groups in total. The van der Waals surface area contributed by atoms with Crippen LogP contribution in [0.5, 0.6) is 0 Å². The normalized spacial score (nSPS) is 17.9. The van der Waals surface area contributed by atoms with Gasteiger partial charge in [0, 0.05) is 32.0 Å². The summed E-state index contributed by atoms with van der Waals surface area (Å²) in [5, 5.41) is 4.05. The van der Waals surface area contributed by atoms with E-state index in [-0.39, 0.29) is 12.1 Å². The van der Waals surface area contributed by atoms with E-state index in [1.165, 1.54) is 7.11 Å². The highest BCUT2D eigenvalue weighted by Crippen LogP contribution is 2.40. The van der Waals surface area contributed by atoms with Crippen LogP contribution in [0.15, 0.2) is 65.2 Å². The van der Waals surface area contributed by atoms with Crippen LogP contribution in [0.25, 0.3) is 11.3 Å². The van der Waals surface area contributed by atoms with Crippen LogP contribution in [0.2, 0.25) is 0 Å². The standard InChI is InChI=1S/C24H25N3O4S/c1-29-15-7-14-27-22(21(26-24(27)32)18-10-5-6-13-25-18)20-12-11-19(31-20)16-8-3-4-9-17(16)23(28)30-2/h3-6,8-13,21-22H,7,14-15H2,1-2H3,(H,26,32). The molecule has 3 heterocycles. The Morgan fingerprint density at radius 1 is 1.16 bits per heavy atom. The first-order valence-corrected chi connectivity index (χ1v) is 10.8. The molecule has 1 aliphatic heterocycles. The second kappa shape index (κ2) is 9.93. The fraction of sp³-hybridized carbons (Fsp3) is 0.292. The maximum atomic E-state index is 12.2. The minimum atomic E-state index is -0.408. The van der Waals surface area contributed by atoms with Gasteiger partial charge in [0.1, 0.15) is 17.6 Å². The van der Waals surface area contributed by atoms with Gasteiger partial charge in [-0.25, -0.2) is 4.79 Å². The topological polar surface area (TPSA) is 76.8 Å². The summed E-state index contributed by atoms with van der Waals surface area (Å²) in [6.07, 6.45) is 2.59. The lowest BCUT2D eigenvalue weighted by molar-refractivity contribution is 0.0601. The smallest absolute Gasteiger partial charge is 0.338 e. The molecule has 32 heavy (non-hydrogen) atoms. The Morgan fingerprint density at radius 3 is 2.72 bits per heavy atom. The molecule has 0 radical (unpaired) electrons. The number of rotatable bonds is 8. The second-order valence-corrected chi connectivity index (χ2v) is 7.79. The molecule has 1 fully saturated rings. The number of benzene rings is 1. The SMILES string of the molecule is COCCCN1C(=S)NC(c2ccccn2)C1c1ccc(-c2ccccc2C(=O)OC)o1. The van der Waals surface area contributed by atoms with E-state index < -0.39 is 5.97 Å². The van der Waals surface area contributed by atoms with Crippen LogP contribution < -0.4 is 5.32 Å². The minimum absolute atomic E-state index is 0.166. The zero-order valence-corrected chi connectivity index (χ0v) is 18.8. The number of aromatic nitrogens is 1. The van der Waals surface area contributed by atoms with Gasteiger partial charge in [-0.15, -0.1) is 0 Å². The summed E-state index contributed by atoms with van der Waals surface area (Å²) in [5.41, 5.74) is 2.01. The Labute approximate surface area is 192 Å². The molecule has 1 saturated heterocycles. The van der Waals surface area contributed by atoms with Gasteiger partial charge in [-0.2, -0.15) is 0 Å². The molecule has 0 saturated carbocycles. The van der Waals surface area contributed by atoms with Crippen molar-refractivity contribution in [2.24, 2.45) is 0 Å². The van der Waals surface area contributed by atoms with Gasteiger partial charge < -0.3 is 24.1 Å². The molecular weight excluding hydrogens is 426 g/mol. The first-order valence-electron chi connectivity index (χ1n) is 10.4. The highest BCUT2D eigenvalue weighted by Gasteiger charge is 2.41. The molecule has 166 valence electrons. The first-order chi connectivity index (χ1) is 15.6. The van der Waals surface area contributed by atoms with Gasteiger partial charge in [-0.05, 0) is 49.0 Å². The molecular formula is C24H25N3O4S. The van der Waals surface area contributed by atoms with E-state index in [0.717, 1.165) is 17.9 Å². The molecule has 2 aromatic heterocycles. The van der Waals surface area contributed by atoms with Crippen LogP contribution in [-0.4, -0.2) is 48.3 Å². The fourth-order valence-corrected chi connectivity index (χ4v) is 4.31. The van der Waals surface area contributed by atoms with E-state index in [2.05, 4.69) is 15.2 Å². The van der Waals surface area contributed by atoms with Crippen LogP contribution in [0, 0.1) is 0 Å². The molecule has 0 spiro atoms. The average molecular weight is 452 g/mol. The molecule has 1 aliphatic rings. The summed E-state index contributed by atoms with van der Waals surface area (Å²) in [5.74, 6) is 0.922. The Balaban J connectivity index is 1.71. The van der Waals surface area contributed by atoms with Gasteiger partial charge in [0.05, 0.1) is 24.4 Å². The second-order valence-electron chi connectivity index (χ2n) is 7.41. The first kappa shape index (κ1) is 22.0. The molecule has 1 aromatic carbocycles. The Hall–Kier alpha value is -3.23. The van der Waals surface area contributed by atoms with Crippen molar-refractivity contribution < 1.29 is 18.7 Å². The number of ether oxygens (including phenoxy) is 2. The molecule has 0 bridgehead atoms. The number of hydrogen-bond donors (Lipinski definition) is 1. The maximum absolute atomic E-state index is 12.2. The Morgan fingerprint density at radius 2 is 1.97 bits per heavy atom. The van der Waals surface area contributed by atoms with Crippen molar-refractivity contribution in [3.63, 3.8) is 0 Å². The Bertz CT molecular complexity index is 1090. The zero-order chi connectivity index (χ0) is 22.5. The van der Waals surface area contributed by atoms with E-state index >= 15 is 0 Å². The largest absolute Gasteiger partial charge is 0.465 e. The lowest BCUT2D eigenvalue weighted by atomic mass is 10.0. The van der Waals surface area contributed by atoms with E-state index in [9.17, 15) is 4.79 Å². The van der Waals surface area contributed by atoms with Gasteiger partial charge in [0.15, 0.2) is 5.11 Å². The predicted octanol–water partition coefficient (Wildman–Crippen LogP) is 4.14. The molecule has 4 rings (SSSR count). The van der Waals surface area contributed by atoms with Crippen LogP contribution in [0.1, 0.15) is 40.3 Å². The van der Waals surface area contributed by atoms with Crippen LogP contribution in [-0.2, 0) is 9.47 Å². The van der Waals surface area contributed by atoms with Crippen molar-refractivity contribution in [3.8, 4) is 11.3 Å². The van der Waals surface area contributed by atoms with Gasteiger partial charge in [0.2, 0.25) is 0 Å². The zero-order valence-electron chi connectivity index (χ0n) is 18.0. The summed E-state index contributed by atoms with van der Waals surface area (Å²) in [6.45, 7) is 1.35. The number of methoxy groups -OCH3 is 2. The lowest BCUT2D eigenvalue weighted by Crippen LogP contribution is -2.31. The number of nitrogens with one attached hydrogen (secondary N) is 1. The van der Waals surface area contributed by atoms with Crippen LogP contribution >= 0.6 is 12.2 Å². The summed E-state index contributed by atoms with van der Waals surface area (Å²) >= 11 is 5.66. The summed E-state index contributed by atoms with van der Waals surface area (Å²) in [7, 11) is 3.06. The average Bonchev–Trinajstić information content (AvgIpc) is 3.44. The molecule has 0 aliphatic carbocycles. The van der Waals surface area contributed by atoms with E-state index in [1.807, 2.05) is 42.5 Å². The van der Waals surface area contributed by atoms with Crippen molar-refractivity contribution in [2.45, 2.75) is 18.5 Å². The highest BCUT2D eigenvalue weighted by atomic mass is 32.1. The number of esters is 1. The molecule has 7 nitrogen and oxygen atoms in total. The number of nitrogens with zero attached hydrogens (tertiary/aromatic N) is 2. The molecule has 2 unspecified atom stereocenters. The molecule has 8 heteroatoms. The summed E-state index contributed by atoms with van der Waals surface area (Å²) < 4.78 is 16.5. The van der Waals surface area contributed by atoms with E-state index in [0.29, 0.717) is 35.2 Å². The number of thiocarbonyl (C=S) groups is 1. The monoisotopic (exact) mass is 451 g/mol. The molecule has 2 atom stereocenters. The number of carbonyl (C=O) groups excluding carboxylic acids is 1. The van der Waals surface area contributed by atoms with Crippen molar-refractivity contribution in [3.05, 3.63) is 77.8 Å². The van der Waals surface area contributed by atoms with Crippen LogP contribution in [0.4, 0.5) is 0 Å². The highest BCUT2D eigenvalue weighted by molar-refractivity contribution is 7.80. The van der Waals surface area contributed by atoms with Crippen molar-refractivity contribution in [1.29, 1.82) is 0 Å². The van der Waals surface area contributed by atoms with Crippen molar-refractivity contribution in [1.82, 2.24) is 15.2 Å². The van der Waals surface area contributed by atoms with Crippen molar-refractivity contribution in [2.75, 3.05) is 27.4 Å². The molecule has 0 amide bonds. The predicted molar refractivity (Wildman–Crippen MR) is 124 cm³/mol. The quantitative estimate of drug-likeness (QED) is 0.311. The van der Waals surface area contributed by atoms with Crippen LogP contribution in [0.3, 0.4) is 0 Å². The van der Waals surface area contributed by atoms with E-state index in [4.69, 9.17) is 26.1 Å². The maximum Gasteiger partial charge on any atom is 0.338 e. The summed E-state index contributed by atoms with van der Waals surface area (Å²) in [4.78, 5) is 18.9. The van der Waals surface area contributed by atoms with Crippen molar-refractivity contribution >= 4 is 23.3 Å². The van der Waals surface area contributed by atoms with E-state index in [1.54, 1.807) is 25.4 Å². The van der Waals surface area contributed by atoms with Gasteiger partial charge in [0.25, 0.3) is 0 Å². The number of furan rings is 1. The molecule has 3 aromatic rings. The number of hydrogen-bond acceptors (Lipinski definition) is 6. The third-order valence-electron chi connectivity index (χ3n) is 5.46. The number of pyridine rings is 1. The van der Waals surface area contributed by atoms with Gasteiger partial charge in [-0.1, -0.05) is 24.3 Å². The fourth-order valence-electron chi connectivity index (χ4n) is 3.98. The van der Waals surface area contributed by atoms with Gasteiger partial charge in [-0.3, -0.25) is 4.98 Å². The Kier molecular flexibility index (Phi) is 6.82. The minimum Gasteiger partial charge on any atom is -0.465 e. The van der Waals surface area contributed by atoms with Gasteiger partial charge >= 0.3 is 5.97 Å². The third-order valence-corrected chi connectivity index (χ3v) is 5.81. The number of carbonyl (C=O) groups is 1. The summed E-state index contributed by atoms with van der Waals surface area (Å²) in [6, 6.07) is 16.5.